The summed E-state index contributed by atoms with van der Waals surface area (Å²) in [5.74, 6) is 0.702. The van der Waals surface area contributed by atoms with Crippen LogP contribution in [0.2, 0.25) is 0 Å². The zero-order valence-corrected chi connectivity index (χ0v) is 14.4. The van der Waals surface area contributed by atoms with Gasteiger partial charge in [-0.25, -0.2) is 0 Å². The van der Waals surface area contributed by atoms with Gasteiger partial charge in [-0.05, 0) is 58.8 Å². The molecule has 0 aromatic heterocycles. The monoisotopic (exact) mass is 432 g/mol. The summed E-state index contributed by atoms with van der Waals surface area (Å²) >= 11 is 5.73. The molecule has 0 aliphatic heterocycles. The summed E-state index contributed by atoms with van der Waals surface area (Å²) in [7, 11) is 1.62. The number of hydrogen-bond donors (Lipinski definition) is 1. The van der Waals surface area contributed by atoms with E-state index in [0.29, 0.717) is 5.75 Å². The van der Waals surface area contributed by atoms with Crippen molar-refractivity contribution in [2.45, 2.75) is 13.0 Å². The zero-order valence-electron chi connectivity index (χ0n) is 10.7. The maximum atomic E-state index is 10.6. The van der Waals surface area contributed by atoms with Crippen molar-refractivity contribution in [1.29, 1.82) is 0 Å². The molecule has 0 radical (unpaired) electrons. The van der Waals surface area contributed by atoms with E-state index >= 15 is 0 Å². The fraction of sp³-hybridized carbons (Fsp3) is 0.200. The molecule has 2 rings (SSSR count). The maximum absolute atomic E-state index is 10.6. The minimum absolute atomic E-state index is 0.694. The molecule has 4 heteroatoms. The van der Waals surface area contributed by atoms with Crippen LogP contribution in [0.4, 0.5) is 0 Å². The van der Waals surface area contributed by atoms with E-state index in [1.807, 2.05) is 43.3 Å². The van der Waals surface area contributed by atoms with E-state index in [-0.39, 0.29) is 0 Å². The van der Waals surface area contributed by atoms with Gasteiger partial charge in [-0.1, -0.05) is 34.1 Å². The normalized spacial score (nSPS) is 12.3. The minimum atomic E-state index is -0.694. The lowest BCUT2D eigenvalue weighted by molar-refractivity contribution is 0.214. The van der Waals surface area contributed by atoms with Crippen LogP contribution >= 0.6 is 38.5 Å². The van der Waals surface area contributed by atoms with Crippen LogP contribution in [0, 0.1) is 10.5 Å². The Hall–Kier alpha value is -0.590. The number of ether oxygens (including phenoxy) is 1. The number of halogens is 2. The zero-order chi connectivity index (χ0) is 14.0. The van der Waals surface area contributed by atoms with Crippen LogP contribution in [0.3, 0.4) is 0 Å². The molecule has 0 fully saturated rings. The Morgan fingerprint density at radius 3 is 2.53 bits per heavy atom. The average molecular weight is 433 g/mol. The third-order valence-electron chi connectivity index (χ3n) is 3.01. The molecule has 0 bridgehead atoms. The Labute approximate surface area is 135 Å². The molecular weight excluding hydrogens is 419 g/mol. The second kappa shape index (κ2) is 6.24. The van der Waals surface area contributed by atoms with Crippen LogP contribution in [0.25, 0.3) is 0 Å². The first-order chi connectivity index (χ1) is 9.04. The second-order valence-electron chi connectivity index (χ2n) is 4.27. The Bertz CT molecular complexity index is 599. The molecule has 2 nitrogen and oxygen atoms in total. The Morgan fingerprint density at radius 2 is 1.89 bits per heavy atom. The van der Waals surface area contributed by atoms with Crippen molar-refractivity contribution in [1.82, 2.24) is 0 Å². The van der Waals surface area contributed by atoms with E-state index in [0.717, 1.165) is 24.7 Å². The van der Waals surface area contributed by atoms with Gasteiger partial charge in [0.1, 0.15) is 11.9 Å². The predicted molar refractivity (Wildman–Crippen MR) is 88.7 cm³/mol. The van der Waals surface area contributed by atoms with Gasteiger partial charge in [0.15, 0.2) is 0 Å². The number of aliphatic hydroxyl groups excluding tert-OH is 1. The summed E-state index contributed by atoms with van der Waals surface area (Å²) in [4.78, 5) is 0. The molecule has 0 spiro atoms. The number of rotatable bonds is 3. The molecule has 0 aliphatic carbocycles. The highest BCUT2D eigenvalue weighted by Crippen LogP contribution is 2.35. The fourth-order valence-electron chi connectivity index (χ4n) is 1.93. The second-order valence-corrected chi connectivity index (χ2v) is 6.28. The summed E-state index contributed by atoms with van der Waals surface area (Å²) < 4.78 is 7.38. The number of aryl methyl sites for hydroxylation is 1. The highest BCUT2D eigenvalue weighted by molar-refractivity contribution is 14.1. The van der Waals surface area contributed by atoms with Crippen LogP contribution in [0.1, 0.15) is 22.8 Å². The van der Waals surface area contributed by atoms with Crippen LogP contribution in [-0.2, 0) is 0 Å². The molecule has 1 unspecified atom stereocenters. The van der Waals surface area contributed by atoms with Gasteiger partial charge in [-0.15, -0.1) is 0 Å². The lowest BCUT2D eigenvalue weighted by Crippen LogP contribution is -2.05. The quantitative estimate of drug-likeness (QED) is 0.726. The molecule has 100 valence electrons. The molecule has 1 N–H and O–H groups in total. The molecular formula is C15H14BrIO2. The van der Waals surface area contributed by atoms with Crippen LogP contribution in [0.5, 0.6) is 5.75 Å². The summed E-state index contributed by atoms with van der Waals surface area (Å²) in [6.07, 6.45) is -0.694. The lowest BCUT2D eigenvalue weighted by Gasteiger charge is -2.18. The SMILES string of the molecule is COc1cc(C)c(Br)cc1C(O)c1ccccc1I. The van der Waals surface area contributed by atoms with Crippen molar-refractivity contribution in [2.24, 2.45) is 0 Å². The Kier molecular flexibility index (Phi) is 4.86. The van der Waals surface area contributed by atoms with Crippen LogP contribution in [0.15, 0.2) is 40.9 Å². The van der Waals surface area contributed by atoms with Gasteiger partial charge in [0, 0.05) is 13.6 Å². The topological polar surface area (TPSA) is 29.5 Å². The van der Waals surface area contributed by atoms with Gasteiger partial charge in [0.25, 0.3) is 0 Å². The van der Waals surface area contributed by atoms with E-state index in [1.54, 1.807) is 7.11 Å². The third kappa shape index (κ3) is 3.12. The fourth-order valence-corrected chi connectivity index (χ4v) is 2.97. The van der Waals surface area contributed by atoms with Crippen molar-refractivity contribution in [3.05, 3.63) is 61.1 Å². The number of aliphatic hydroxyl groups is 1. The number of benzene rings is 2. The Balaban J connectivity index is 2.52. The summed E-state index contributed by atoms with van der Waals surface area (Å²) in [6.45, 7) is 2.00. The molecule has 19 heavy (non-hydrogen) atoms. The molecule has 2 aromatic carbocycles. The summed E-state index contributed by atoms with van der Waals surface area (Å²) in [5, 5.41) is 10.6. The van der Waals surface area contributed by atoms with Gasteiger partial charge in [-0.2, -0.15) is 0 Å². The van der Waals surface area contributed by atoms with Crippen molar-refractivity contribution in [3.8, 4) is 5.75 Å². The van der Waals surface area contributed by atoms with Crippen LogP contribution in [-0.4, -0.2) is 12.2 Å². The maximum Gasteiger partial charge on any atom is 0.125 e. The molecule has 0 saturated heterocycles. The first-order valence-corrected chi connectivity index (χ1v) is 7.68. The molecule has 0 heterocycles. The molecule has 0 aliphatic rings. The minimum Gasteiger partial charge on any atom is -0.496 e. The van der Waals surface area contributed by atoms with Gasteiger partial charge in [0.2, 0.25) is 0 Å². The highest BCUT2D eigenvalue weighted by Gasteiger charge is 2.18. The Morgan fingerprint density at radius 1 is 1.21 bits per heavy atom. The van der Waals surface area contributed by atoms with E-state index in [1.165, 1.54) is 0 Å². The smallest absolute Gasteiger partial charge is 0.125 e. The standard InChI is InChI=1S/C15H14BrIO2/c1-9-7-14(19-2)11(8-12(9)16)15(18)10-5-3-4-6-13(10)17/h3-8,15,18H,1-2H3. The lowest BCUT2D eigenvalue weighted by atomic mass is 9.99. The van der Waals surface area contributed by atoms with Crippen LogP contribution < -0.4 is 4.74 Å². The molecule has 2 aromatic rings. The first-order valence-electron chi connectivity index (χ1n) is 5.81. The van der Waals surface area contributed by atoms with Gasteiger partial charge in [0.05, 0.1) is 7.11 Å². The van der Waals surface area contributed by atoms with Gasteiger partial charge in [-0.3, -0.25) is 0 Å². The van der Waals surface area contributed by atoms with E-state index in [9.17, 15) is 5.11 Å². The average Bonchev–Trinajstić information content (AvgIpc) is 2.41. The van der Waals surface area contributed by atoms with Gasteiger partial charge < -0.3 is 9.84 Å². The van der Waals surface area contributed by atoms with Gasteiger partial charge >= 0.3 is 0 Å². The predicted octanol–water partition coefficient (Wildman–Crippen LogP) is 4.45. The molecule has 1 atom stereocenters. The first kappa shape index (κ1) is 14.8. The van der Waals surface area contributed by atoms with Crippen molar-refractivity contribution >= 4 is 38.5 Å². The highest BCUT2D eigenvalue weighted by atomic mass is 127. The van der Waals surface area contributed by atoms with Crippen molar-refractivity contribution in [3.63, 3.8) is 0 Å². The van der Waals surface area contributed by atoms with E-state index in [2.05, 4.69) is 38.5 Å². The number of methoxy groups -OCH3 is 1. The molecule has 0 saturated carbocycles. The molecule has 0 amide bonds. The third-order valence-corrected chi connectivity index (χ3v) is 4.84. The summed E-state index contributed by atoms with van der Waals surface area (Å²) in [5.41, 5.74) is 2.73. The number of hydrogen-bond acceptors (Lipinski definition) is 2. The van der Waals surface area contributed by atoms with E-state index < -0.39 is 6.10 Å². The van der Waals surface area contributed by atoms with E-state index in [4.69, 9.17) is 4.74 Å². The van der Waals surface area contributed by atoms with Crippen molar-refractivity contribution in [2.75, 3.05) is 7.11 Å². The largest absolute Gasteiger partial charge is 0.496 e. The van der Waals surface area contributed by atoms with Crippen molar-refractivity contribution < 1.29 is 9.84 Å². The summed E-state index contributed by atoms with van der Waals surface area (Å²) in [6, 6.07) is 11.6.